The number of halogens is 3. The molecule has 0 aliphatic carbocycles. The molecule has 1 aromatic carbocycles. The molecule has 0 unspecified atom stereocenters. The second-order valence-electron chi connectivity index (χ2n) is 5.57. The number of nitrogens with zero attached hydrogens (tertiary/aromatic N) is 1. The van der Waals surface area contributed by atoms with E-state index in [9.17, 15) is 9.18 Å². The summed E-state index contributed by atoms with van der Waals surface area (Å²) in [6.45, 7) is 4.44. The number of carbonyl (C=O) groups excluding carboxylic acids is 1. The van der Waals surface area contributed by atoms with E-state index in [0.717, 1.165) is 18.4 Å². The molecule has 0 fully saturated rings. The number of nitrogens with one attached hydrogen (secondary N) is 1. The highest BCUT2D eigenvalue weighted by Crippen LogP contribution is 2.24. The Hall–Kier alpha value is -1.21. The van der Waals surface area contributed by atoms with Gasteiger partial charge in [0, 0.05) is 17.5 Å². The molecule has 8 heteroatoms. The average molecular weight is 408 g/mol. The van der Waals surface area contributed by atoms with Gasteiger partial charge in [-0.3, -0.25) is 4.79 Å². The Kier molecular flexibility index (Phi) is 10.2. The van der Waals surface area contributed by atoms with E-state index in [1.165, 1.54) is 23.5 Å². The molecular formula is C17H24Cl2FN3OS. The van der Waals surface area contributed by atoms with Gasteiger partial charge in [-0.05, 0) is 25.0 Å². The molecule has 1 aromatic heterocycles. The molecule has 0 bridgehead atoms. The van der Waals surface area contributed by atoms with E-state index in [1.54, 1.807) is 12.1 Å². The first kappa shape index (κ1) is 23.8. The molecule has 0 aliphatic heterocycles. The van der Waals surface area contributed by atoms with E-state index in [0.29, 0.717) is 17.2 Å². The van der Waals surface area contributed by atoms with E-state index in [1.807, 2.05) is 19.2 Å². The van der Waals surface area contributed by atoms with Crippen molar-refractivity contribution < 1.29 is 9.18 Å². The standard InChI is InChI=1S/C17H22FN3OS.2ClH/c1-3-17(4-2,11-19)21-15(22)9-14-10-23-16(20-14)12-6-5-7-13(18)8-12;;/h5-8,10H,3-4,9,11,19H2,1-2H3,(H,21,22);2*1H. The molecule has 0 aliphatic rings. The number of nitrogens with two attached hydrogens (primary N) is 1. The molecular weight excluding hydrogens is 384 g/mol. The van der Waals surface area contributed by atoms with Gasteiger partial charge in [0.2, 0.25) is 5.91 Å². The number of rotatable bonds is 7. The van der Waals surface area contributed by atoms with Crippen molar-refractivity contribution in [2.75, 3.05) is 6.54 Å². The molecule has 0 radical (unpaired) electrons. The predicted octanol–water partition coefficient (Wildman–Crippen LogP) is 3.97. The van der Waals surface area contributed by atoms with Crippen LogP contribution in [0.25, 0.3) is 10.6 Å². The minimum Gasteiger partial charge on any atom is -0.349 e. The fourth-order valence-corrected chi connectivity index (χ4v) is 3.23. The number of aromatic nitrogens is 1. The van der Waals surface area contributed by atoms with E-state index in [2.05, 4.69) is 10.3 Å². The second kappa shape index (κ2) is 10.7. The molecule has 0 saturated heterocycles. The normalized spacial score (nSPS) is 10.6. The summed E-state index contributed by atoms with van der Waals surface area (Å²) >= 11 is 1.41. The summed E-state index contributed by atoms with van der Waals surface area (Å²) < 4.78 is 13.3. The fourth-order valence-electron chi connectivity index (χ4n) is 2.41. The Balaban J connectivity index is 0.00000288. The van der Waals surface area contributed by atoms with Gasteiger partial charge in [0.15, 0.2) is 0 Å². The molecule has 0 spiro atoms. The largest absolute Gasteiger partial charge is 0.349 e. The molecule has 25 heavy (non-hydrogen) atoms. The zero-order chi connectivity index (χ0) is 16.9. The summed E-state index contributed by atoms with van der Waals surface area (Å²) in [7, 11) is 0. The first-order chi connectivity index (χ1) is 11.0. The van der Waals surface area contributed by atoms with Crippen molar-refractivity contribution in [1.82, 2.24) is 10.3 Å². The third kappa shape index (κ3) is 6.22. The number of thiazole rings is 1. The lowest BCUT2D eigenvalue weighted by molar-refractivity contribution is -0.122. The van der Waals surface area contributed by atoms with Crippen LogP contribution in [-0.2, 0) is 11.2 Å². The topological polar surface area (TPSA) is 68.0 Å². The lowest BCUT2D eigenvalue weighted by Gasteiger charge is -2.31. The maximum absolute atomic E-state index is 13.3. The molecule has 4 nitrogen and oxygen atoms in total. The number of amides is 1. The van der Waals surface area contributed by atoms with Gasteiger partial charge in [-0.1, -0.05) is 26.0 Å². The number of hydrogen-bond acceptors (Lipinski definition) is 4. The summed E-state index contributed by atoms with van der Waals surface area (Å²) in [4.78, 5) is 16.7. The van der Waals surface area contributed by atoms with Crippen molar-refractivity contribution in [3.8, 4) is 10.6 Å². The highest BCUT2D eigenvalue weighted by Gasteiger charge is 2.26. The fraction of sp³-hybridized carbons (Fsp3) is 0.412. The summed E-state index contributed by atoms with van der Waals surface area (Å²) in [6, 6.07) is 6.29. The van der Waals surface area contributed by atoms with Crippen LogP contribution in [0, 0.1) is 5.82 Å². The van der Waals surface area contributed by atoms with Crippen LogP contribution >= 0.6 is 36.2 Å². The Labute approximate surface area is 164 Å². The summed E-state index contributed by atoms with van der Waals surface area (Å²) in [5.41, 5.74) is 6.86. The SMILES string of the molecule is CCC(CC)(CN)NC(=O)Cc1csc(-c2cccc(F)c2)n1.Cl.Cl. The molecule has 140 valence electrons. The van der Waals surface area contributed by atoms with Crippen LogP contribution in [0.3, 0.4) is 0 Å². The van der Waals surface area contributed by atoms with Gasteiger partial charge in [-0.2, -0.15) is 0 Å². The molecule has 1 amide bonds. The smallest absolute Gasteiger partial charge is 0.226 e. The zero-order valence-corrected chi connectivity index (χ0v) is 16.7. The Morgan fingerprint density at radius 1 is 1.32 bits per heavy atom. The summed E-state index contributed by atoms with van der Waals surface area (Å²) in [6.07, 6.45) is 1.78. The van der Waals surface area contributed by atoms with Crippen LogP contribution in [0.1, 0.15) is 32.4 Å². The van der Waals surface area contributed by atoms with Gasteiger partial charge in [0.1, 0.15) is 10.8 Å². The summed E-state index contributed by atoms with van der Waals surface area (Å²) in [5.74, 6) is -0.383. The van der Waals surface area contributed by atoms with E-state index < -0.39 is 0 Å². The van der Waals surface area contributed by atoms with Gasteiger partial charge in [0.05, 0.1) is 17.7 Å². The van der Waals surface area contributed by atoms with E-state index in [-0.39, 0.29) is 48.5 Å². The molecule has 0 saturated carbocycles. The lowest BCUT2D eigenvalue weighted by atomic mass is 9.92. The number of hydrogen-bond donors (Lipinski definition) is 2. The van der Waals surface area contributed by atoms with Crippen LogP contribution in [-0.4, -0.2) is 23.0 Å². The van der Waals surface area contributed by atoms with Crippen LogP contribution in [0.5, 0.6) is 0 Å². The minimum atomic E-state index is -0.349. The van der Waals surface area contributed by atoms with E-state index >= 15 is 0 Å². The van der Waals surface area contributed by atoms with E-state index in [4.69, 9.17) is 5.73 Å². The monoisotopic (exact) mass is 407 g/mol. The minimum absolute atomic E-state index is 0. The highest BCUT2D eigenvalue weighted by atomic mass is 35.5. The second-order valence-corrected chi connectivity index (χ2v) is 6.43. The molecule has 1 heterocycles. The van der Waals surface area contributed by atoms with Gasteiger partial charge < -0.3 is 11.1 Å². The van der Waals surface area contributed by atoms with Crippen molar-refractivity contribution in [3.63, 3.8) is 0 Å². The lowest BCUT2D eigenvalue weighted by Crippen LogP contribution is -2.53. The van der Waals surface area contributed by atoms with Crippen molar-refractivity contribution in [2.45, 2.75) is 38.6 Å². The molecule has 2 rings (SSSR count). The highest BCUT2D eigenvalue weighted by molar-refractivity contribution is 7.13. The first-order valence-electron chi connectivity index (χ1n) is 7.73. The van der Waals surface area contributed by atoms with Crippen LogP contribution in [0.2, 0.25) is 0 Å². The summed E-state index contributed by atoms with van der Waals surface area (Å²) in [5, 5.41) is 5.57. The van der Waals surface area contributed by atoms with Gasteiger partial charge >= 0.3 is 0 Å². The molecule has 0 atom stereocenters. The first-order valence-corrected chi connectivity index (χ1v) is 8.61. The Morgan fingerprint density at radius 2 is 2.00 bits per heavy atom. The maximum Gasteiger partial charge on any atom is 0.226 e. The van der Waals surface area contributed by atoms with Gasteiger partial charge in [-0.25, -0.2) is 9.37 Å². The maximum atomic E-state index is 13.3. The molecule has 3 N–H and O–H groups in total. The Morgan fingerprint density at radius 3 is 2.56 bits per heavy atom. The average Bonchev–Trinajstić information content (AvgIpc) is 3.01. The third-order valence-electron chi connectivity index (χ3n) is 4.11. The van der Waals surface area contributed by atoms with Gasteiger partial charge in [0.25, 0.3) is 0 Å². The van der Waals surface area contributed by atoms with Crippen molar-refractivity contribution in [1.29, 1.82) is 0 Å². The van der Waals surface area contributed by atoms with Crippen LogP contribution < -0.4 is 11.1 Å². The number of carbonyl (C=O) groups is 1. The molecule has 2 aromatic rings. The van der Waals surface area contributed by atoms with Crippen molar-refractivity contribution in [2.24, 2.45) is 5.73 Å². The van der Waals surface area contributed by atoms with Crippen molar-refractivity contribution in [3.05, 3.63) is 41.2 Å². The van der Waals surface area contributed by atoms with Gasteiger partial charge in [-0.15, -0.1) is 36.2 Å². The quantitative estimate of drug-likeness (QED) is 0.729. The van der Waals surface area contributed by atoms with Crippen LogP contribution in [0.15, 0.2) is 29.6 Å². The third-order valence-corrected chi connectivity index (χ3v) is 5.05. The van der Waals surface area contributed by atoms with Crippen molar-refractivity contribution >= 4 is 42.1 Å². The predicted molar refractivity (Wildman–Crippen MR) is 106 cm³/mol. The number of benzene rings is 1. The Bertz CT molecular complexity index is 669. The zero-order valence-electron chi connectivity index (χ0n) is 14.3. The van der Waals surface area contributed by atoms with Crippen LogP contribution in [0.4, 0.5) is 4.39 Å².